The molecule has 0 saturated carbocycles. The third kappa shape index (κ3) is 6.86. The smallest absolute Gasteiger partial charge is 0.254 e. The summed E-state index contributed by atoms with van der Waals surface area (Å²) in [6.07, 6.45) is -3.80. The number of hydrogen-bond acceptors (Lipinski definition) is 5. The van der Waals surface area contributed by atoms with E-state index in [-0.39, 0.29) is 29.7 Å². The molecule has 1 fully saturated rings. The molecule has 1 saturated heterocycles. The monoisotopic (exact) mass is 569 g/mol. The maximum Gasteiger partial charge on any atom is 0.254 e. The van der Waals surface area contributed by atoms with Gasteiger partial charge in [0.15, 0.2) is 6.10 Å². The quantitative estimate of drug-likeness (QED) is 0.316. The average molecular weight is 570 g/mol. The largest absolute Gasteiger partial charge is 0.508 e. The van der Waals surface area contributed by atoms with Crippen molar-refractivity contribution in [1.82, 2.24) is 15.5 Å². The minimum Gasteiger partial charge on any atom is -0.508 e. The van der Waals surface area contributed by atoms with Gasteiger partial charge in [0.2, 0.25) is 5.91 Å². The van der Waals surface area contributed by atoms with Gasteiger partial charge in [-0.15, -0.1) is 0 Å². The minimum absolute atomic E-state index is 0.0215. The molecule has 0 radical (unpaired) electrons. The number of benzene rings is 3. The number of rotatable bonds is 9. The van der Waals surface area contributed by atoms with Crippen LogP contribution in [0.3, 0.4) is 0 Å². The number of phenols is 1. The van der Waals surface area contributed by atoms with Crippen LogP contribution in [-0.2, 0) is 22.6 Å². The van der Waals surface area contributed by atoms with E-state index in [1.54, 1.807) is 37.3 Å². The summed E-state index contributed by atoms with van der Waals surface area (Å²) in [5.41, 5.74) is 0.724. The summed E-state index contributed by atoms with van der Waals surface area (Å²) in [6.45, 7) is 0.533. The van der Waals surface area contributed by atoms with Gasteiger partial charge in [-0.05, 0) is 43.2 Å². The van der Waals surface area contributed by atoms with Crippen molar-refractivity contribution in [2.24, 2.45) is 0 Å². The van der Waals surface area contributed by atoms with Crippen LogP contribution in [0.2, 0.25) is 0 Å². The Labute approximate surface area is 234 Å². The Morgan fingerprint density at radius 3 is 2.34 bits per heavy atom. The van der Waals surface area contributed by atoms with E-state index in [1.165, 1.54) is 24.3 Å². The maximum atomic E-state index is 14.5. The number of alkyl halides is 1. The average Bonchev–Trinajstić information content (AvgIpc) is 3.35. The van der Waals surface area contributed by atoms with Crippen molar-refractivity contribution in [3.63, 3.8) is 0 Å². The molecular formula is C30H30F3N3O5. The predicted octanol–water partition coefficient (Wildman–Crippen LogP) is 2.94. The second kappa shape index (κ2) is 12.9. The lowest BCUT2D eigenvalue weighted by Crippen LogP contribution is -2.55. The molecule has 4 atom stereocenters. The molecule has 3 aromatic rings. The van der Waals surface area contributed by atoms with Gasteiger partial charge in [0.25, 0.3) is 11.8 Å². The second-order valence-corrected chi connectivity index (χ2v) is 9.92. The van der Waals surface area contributed by atoms with Crippen molar-refractivity contribution in [2.45, 2.75) is 50.7 Å². The first-order valence-corrected chi connectivity index (χ1v) is 13.0. The highest BCUT2D eigenvalue weighted by atomic mass is 19.1. The van der Waals surface area contributed by atoms with Gasteiger partial charge in [0.1, 0.15) is 29.6 Å². The summed E-state index contributed by atoms with van der Waals surface area (Å²) >= 11 is 0. The van der Waals surface area contributed by atoms with Gasteiger partial charge in [-0.3, -0.25) is 14.4 Å². The molecule has 3 aromatic carbocycles. The van der Waals surface area contributed by atoms with Crippen LogP contribution in [-0.4, -0.2) is 63.7 Å². The summed E-state index contributed by atoms with van der Waals surface area (Å²) in [7, 11) is 0. The zero-order valence-electron chi connectivity index (χ0n) is 22.2. The Balaban J connectivity index is 1.53. The molecule has 11 heteroatoms. The third-order valence-corrected chi connectivity index (χ3v) is 7.14. The van der Waals surface area contributed by atoms with E-state index in [0.717, 1.165) is 17.0 Å². The summed E-state index contributed by atoms with van der Waals surface area (Å²) in [5, 5.41) is 26.2. The Bertz CT molecular complexity index is 1400. The lowest BCUT2D eigenvalue weighted by atomic mass is 9.98. The van der Waals surface area contributed by atoms with E-state index in [2.05, 4.69) is 10.6 Å². The van der Waals surface area contributed by atoms with Gasteiger partial charge < -0.3 is 25.7 Å². The third-order valence-electron chi connectivity index (χ3n) is 7.14. The zero-order valence-corrected chi connectivity index (χ0v) is 22.2. The van der Waals surface area contributed by atoms with Crippen LogP contribution in [0, 0.1) is 18.6 Å². The fourth-order valence-corrected chi connectivity index (χ4v) is 4.84. The summed E-state index contributed by atoms with van der Waals surface area (Å²) in [5.74, 6) is -4.33. The first kappa shape index (κ1) is 29.6. The van der Waals surface area contributed by atoms with Crippen molar-refractivity contribution in [3.8, 4) is 5.75 Å². The molecule has 41 heavy (non-hydrogen) atoms. The standard InChI is InChI=1S/C30H30F3N3O5/c1-17-20(9-5-12-26(17)37)28(39)35-24(13-18-7-3-2-4-8-18)27(38)30(41)36-16-19(31)14-25(36)29(40)34-15-21-22(32)10-6-11-23(21)33/h2-12,19,24-25,27,37-38H,13-16H2,1H3,(H,34,40)(H,35,39). The number of nitrogens with one attached hydrogen (secondary N) is 2. The molecule has 1 aliphatic heterocycles. The first-order valence-electron chi connectivity index (χ1n) is 13.0. The number of aliphatic hydroxyl groups is 1. The predicted molar refractivity (Wildman–Crippen MR) is 143 cm³/mol. The van der Waals surface area contributed by atoms with E-state index >= 15 is 0 Å². The number of aliphatic hydroxyl groups excluding tert-OH is 1. The van der Waals surface area contributed by atoms with Crippen LogP contribution in [0.4, 0.5) is 13.2 Å². The number of hydrogen-bond donors (Lipinski definition) is 4. The van der Waals surface area contributed by atoms with Gasteiger partial charge in [-0.2, -0.15) is 0 Å². The molecule has 0 bridgehead atoms. The zero-order chi connectivity index (χ0) is 29.7. The van der Waals surface area contributed by atoms with Crippen LogP contribution in [0.15, 0.2) is 66.7 Å². The van der Waals surface area contributed by atoms with Crippen LogP contribution in [0.1, 0.15) is 33.5 Å². The van der Waals surface area contributed by atoms with Gasteiger partial charge in [0.05, 0.1) is 12.6 Å². The van der Waals surface area contributed by atoms with Crippen LogP contribution in [0.25, 0.3) is 0 Å². The van der Waals surface area contributed by atoms with Gasteiger partial charge >= 0.3 is 0 Å². The number of carbonyl (C=O) groups excluding carboxylic acids is 3. The number of nitrogens with zero attached hydrogens (tertiary/aromatic N) is 1. The SMILES string of the molecule is Cc1c(O)cccc1C(=O)NC(Cc1ccccc1)C(O)C(=O)N1CC(F)CC1C(=O)NCc1c(F)cccc1F. The highest BCUT2D eigenvalue weighted by molar-refractivity contribution is 5.97. The lowest BCUT2D eigenvalue weighted by molar-refractivity contribution is -0.146. The molecule has 1 aliphatic rings. The number of phenolic OH excluding ortho intramolecular Hbond substituents is 1. The molecule has 8 nitrogen and oxygen atoms in total. The van der Waals surface area contributed by atoms with Crippen molar-refractivity contribution < 1.29 is 37.8 Å². The first-order chi connectivity index (χ1) is 19.6. The maximum absolute atomic E-state index is 14.5. The second-order valence-electron chi connectivity index (χ2n) is 9.92. The van der Waals surface area contributed by atoms with Crippen LogP contribution in [0.5, 0.6) is 5.75 Å². The number of halogens is 3. The van der Waals surface area contributed by atoms with Gasteiger partial charge in [-0.25, -0.2) is 13.2 Å². The molecule has 0 aliphatic carbocycles. The molecule has 216 valence electrons. The molecule has 1 heterocycles. The number of likely N-dealkylation sites (tertiary alicyclic amines) is 1. The number of amides is 3. The molecule has 4 unspecified atom stereocenters. The Morgan fingerprint density at radius 2 is 1.66 bits per heavy atom. The van der Waals surface area contributed by atoms with Crippen molar-refractivity contribution >= 4 is 17.7 Å². The topological polar surface area (TPSA) is 119 Å². The minimum atomic E-state index is -1.87. The highest BCUT2D eigenvalue weighted by Crippen LogP contribution is 2.24. The van der Waals surface area contributed by atoms with E-state index < -0.39 is 66.8 Å². The Morgan fingerprint density at radius 1 is 1.00 bits per heavy atom. The summed E-state index contributed by atoms with van der Waals surface area (Å²) in [4.78, 5) is 40.4. The van der Waals surface area contributed by atoms with Crippen molar-refractivity contribution in [1.29, 1.82) is 0 Å². The van der Waals surface area contributed by atoms with Crippen LogP contribution < -0.4 is 10.6 Å². The fourth-order valence-electron chi connectivity index (χ4n) is 4.84. The molecule has 4 rings (SSSR count). The summed E-state index contributed by atoms with van der Waals surface area (Å²) < 4.78 is 42.5. The normalized spacial score (nSPS) is 18.0. The Kier molecular flexibility index (Phi) is 9.28. The van der Waals surface area contributed by atoms with E-state index in [1.807, 2.05) is 0 Å². The molecule has 4 N–H and O–H groups in total. The molecule has 0 aromatic heterocycles. The number of carbonyl (C=O) groups is 3. The highest BCUT2D eigenvalue weighted by Gasteiger charge is 2.43. The Hall–Kier alpha value is -4.38. The summed E-state index contributed by atoms with van der Waals surface area (Å²) in [6, 6.07) is 13.8. The molecular weight excluding hydrogens is 539 g/mol. The number of aromatic hydroxyl groups is 1. The van der Waals surface area contributed by atoms with Crippen LogP contribution >= 0.6 is 0 Å². The van der Waals surface area contributed by atoms with E-state index in [4.69, 9.17) is 0 Å². The fraction of sp³-hybridized carbons (Fsp3) is 0.300. The molecule has 3 amide bonds. The van der Waals surface area contributed by atoms with E-state index in [0.29, 0.717) is 11.1 Å². The van der Waals surface area contributed by atoms with Crippen molar-refractivity contribution in [2.75, 3.05) is 6.54 Å². The van der Waals surface area contributed by atoms with Gasteiger partial charge in [0, 0.05) is 29.7 Å². The lowest BCUT2D eigenvalue weighted by Gasteiger charge is -2.30. The van der Waals surface area contributed by atoms with Gasteiger partial charge in [-0.1, -0.05) is 42.5 Å². The molecule has 0 spiro atoms. The van der Waals surface area contributed by atoms with Crippen molar-refractivity contribution in [3.05, 3.63) is 101 Å². The van der Waals surface area contributed by atoms with E-state index in [9.17, 15) is 37.8 Å².